The van der Waals surface area contributed by atoms with Gasteiger partial charge in [-0.1, -0.05) is 19.9 Å². The van der Waals surface area contributed by atoms with Gasteiger partial charge >= 0.3 is 0 Å². The number of halogens is 1. The van der Waals surface area contributed by atoms with Crippen molar-refractivity contribution in [3.8, 4) is 0 Å². The van der Waals surface area contributed by atoms with E-state index in [1.54, 1.807) is 35.2 Å². The highest BCUT2D eigenvalue weighted by Gasteiger charge is 2.40. The Morgan fingerprint density at radius 2 is 2.09 bits per heavy atom. The zero-order chi connectivity index (χ0) is 22.8. The van der Waals surface area contributed by atoms with Crippen LogP contribution in [0, 0.1) is 5.82 Å². The number of anilines is 1. The summed E-state index contributed by atoms with van der Waals surface area (Å²) >= 11 is 3.50. The standard InChI is InChI=1S/C25H27FN2O2S2/c1-4-17-13-18(25(32-17)31-5-2)22-21(24(30)28-16-9-6-8-15(26)12-16)14(3)27-19-10-7-11-20(29)23(19)22/h6,8-9,12-13,22,27H,4-5,7,10-11H2,1-3H3,(H,28,30). The molecule has 0 saturated carbocycles. The Morgan fingerprint density at radius 1 is 1.28 bits per heavy atom. The molecule has 32 heavy (non-hydrogen) atoms. The number of ketones is 1. The van der Waals surface area contributed by atoms with Crippen LogP contribution in [0.5, 0.6) is 0 Å². The van der Waals surface area contributed by atoms with Crippen molar-refractivity contribution in [2.75, 3.05) is 11.1 Å². The average molecular weight is 471 g/mol. The minimum absolute atomic E-state index is 0.101. The van der Waals surface area contributed by atoms with Crippen molar-refractivity contribution in [2.24, 2.45) is 0 Å². The maximum atomic E-state index is 13.7. The molecule has 0 spiro atoms. The highest BCUT2D eigenvalue weighted by molar-refractivity contribution is 8.01. The Hall–Kier alpha value is -2.38. The van der Waals surface area contributed by atoms with Crippen molar-refractivity contribution in [1.82, 2.24) is 5.32 Å². The zero-order valence-electron chi connectivity index (χ0n) is 18.5. The Balaban J connectivity index is 1.83. The van der Waals surface area contributed by atoms with Crippen molar-refractivity contribution in [2.45, 2.75) is 56.6 Å². The van der Waals surface area contributed by atoms with Gasteiger partial charge in [-0.15, -0.1) is 23.1 Å². The fourth-order valence-corrected chi connectivity index (χ4v) is 6.80. The van der Waals surface area contributed by atoms with Gasteiger partial charge in [-0.25, -0.2) is 4.39 Å². The molecule has 1 aliphatic carbocycles. The normalized spacial score (nSPS) is 18.5. The molecule has 1 unspecified atom stereocenters. The molecule has 1 amide bonds. The monoisotopic (exact) mass is 470 g/mol. The van der Waals surface area contributed by atoms with E-state index in [4.69, 9.17) is 0 Å². The number of aryl methyl sites for hydroxylation is 1. The van der Waals surface area contributed by atoms with Crippen LogP contribution in [0.4, 0.5) is 10.1 Å². The first-order valence-corrected chi connectivity index (χ1v) is 12.8. The summed E-state index contributed by atoms with van der Waals surface area (Å²) in [6.45, 7) is 6.11. The molecule has 4 rings (SSSR count). The molecule has 7 heteroatoms. The lowest BCUT2D eigenvalue weighted by Gasteiger charge is -2.34. The van der Waals surface area contributed by atoms with E-state index >= 15 is 0 Å². The maximum absolute atomic E-state index is 13.7. The molecule has 0 fully saturated rings. The second-order valence-electron chi connectivity index (χ2n) is 7.97. The lowest BCUT2D eigenvalue weighted by atomic mass is 9.75. The summed E-state index contributed by atoms with van der Waals surface area (Å²) in [6, 6.07) is 8.03. The molecule has 0 saturated heterocycles. The van der Waals surface area contributed by atoms with Crippen LogP contribution in [-0.4, -0.2) is 17.4 Å². The van der Waals surface area contributed by atoms with E-state index in [0.29, 0.717) is 23.3 Å². The highest BCUT2D eigenvalue weighted by Crippen LogP contribution is 2.47. The van der Waals surface area contributed by atoms with Gasteiger partial charge in [0.25, 0.3) is 5.91 Å². The van der Waals surface area contributed by atoms with Gasteiger partial charge in [0, 0.05) is 45.4 Å². The van der Waals surface area contributed by atoms with Crippen LogP contribution in [0.3, 0.4) is 0 Å². The minimum atomic E-state index is -0.418. The summed E-state index contributed by atoms with van der Waals surface area (Å²) in [6.07, 6.45) is 3.01. The number of benzene rings is 1. The molecule has 0 radical (unpaired) electrons. The molecule has 1 atom stereocenters. The zero-order valence-corrected chi connectivity index (χ0v) is 20.1. The quantitative estimate of drug-likeness (QED) is 0.496. The smallest absolute Gasteiger partial charge is 0.254 e. The molecule has 2 heterocycles. The van der Waals surface area contributed by atoms with Gasteiger partial charge in [0.15, 0.2) is 5.78 Å². The topological polar surface area (TPSA) is 58.2 Å². The van der Waals surface area contributed by atoms with Gasteiger partial charge in [0.05, 0.1) is 4.21 Å². The summed E-state index contributed by atoms with van der Waals surface area (Å²) in [7, 11) is 0. The molecule has 4 nitrogen and oxygen atoms in total. The Bertz CT molecular complexity index is 1130. The number of carbonyl (C=O) groups excluding carboxylic acids is 2. The maximum Gasteiger partial charge on any atom is 0.254 e. The number of allylic oxidation sites excluding steroid dienone is 3. The molecule has 2 aliphatic rings. The number of thiophene rings is 1. The number of nitrogens with one attached hydrogen (secondary N) is 2. The molecule has 2 N–H and O–H groups in total. The second kappa shape index (κ2) is 9.63. The highest BCUT2D eigenvalue weighted by atomic mass is 32.2. The first-order valence-electron chi connectivity index (χ1n) is 11.0. The van der Waals surface area contributed by atoms with Crippen LogP contribution < -0.4 is 10.6 Å². The molecule has 168 valence electrons. The Morgan fingerprint density at radius 3 is 2.81 bits per heavy atom. The lowest BCUT2D eigenvalue weighted by molar-refractivity contribution is -0.116. The third-order valence-corrected chi connectivity index (χ3v) is 8.29. The van der Waals surface area contributed by atoms with Crippen molar-refractivity contribution in [1.29, 1.82) is 0 Å². The van der Waals surface area contributed by atoms with E-state index in [-0.39, 0.29) is 11.7 Å². The minimum Gasteiger partial charge on any atom is -0.362 e. The molecular formula is C25H27FN2O2S2. The van der Waals surface area contributed by atoms with E-state index in [0.717, 1.165) is 46.2 Å². The number of hydrogen-bond acceptors (Lipinski definition) is 5. The third kappa shape index (κ3) is 4.41. The number of thioether (sulfide) groups is 1. The van der Waals surface area contributed by atoms with Crippen LogP contribution in [0.25, 0.3) is 0 Å². The first kappa shape index (κ1) is 22.8. The number of amides is 1. The fourth-order valence-electron chi connectivity index (χ4n) is 4.42. The van der Waals surface area contributed by atoms with Gasteiger partial charge in [-0.05, 0) is 61.8 Å². The van der Waals surface area contributed by atoms with Crippen LogP contribution in [0.1, 0.15) is 56.4 Å². The first-order chi connectivity index (χ1) is 15.4. The van der Waals surface area contributed by atoms with E-state index in [2.05, 4.69) is 30.5 Å². The second-order valence-corrected chi connectivity index (χ2v) is 10.6. The van der Waals surface area contributed by atoms with Crippen molar-refractivity contribution < 1.29 is 14.0 Å². The van der Waals surface area contributed by atoms with Crippen LogP contribution >= 0.6 is 23.1 Å². The van der Waals surface area contributed by atoms with E-state index in [1.807, 2.05) is 6.92 Å². The summed E-state index contributed by atoms with van der Waals surface area (Å²) in [5, 5.41) is 6.20. The van der Waals surface area contributed by atoms with Gasteiger partial charge in [0.1, 0.15) is 5.82 Å². The summed E-state index contributed by atoms with van der Waals surface area (Å²) < 4.78 is 14.9. The lowest BCUT2D eigenvalue weighted by Crippen LogP contribution is -2.35. The SMILES string of the molecule is CCSc1sc(CC)cc1C1C(C(=O)Nc2cccc(F)c2)=C(C)NC2=C1C(=O)CCC2. The number of hydrogen-bond donors (Lipinski definition) is 2. The molecular weight excluding hydrogens is 443 g/mol. The van der Waals surface area contributed by atoms with Gasteiger partial charge in [-0.2, -0.15) is 0 Å². The van der Waals surface area contributed by atoms with Gasteiger partial charge in [0.2, 0.25) is 0 Å². The van der Waals surface area contributed by atoms with Gasteiger partial charge in [-0.3, -0.25) is 9.59 Å². The number of carbonyl (C=O) groups is 2. The summed E-state index contributed by atoms with van der Waals surface area (Å²) in [5.74, 6) is -0.129. The number of rotatable bonds is 6. The van der Waals surface area contributed by atoms with Gasteiger partial charge < -0.3 is 10.6 Å². The Labute approximate surface area is 196 Å². The van der Waals surface area contributed by atoms with Crippen molar-refractivity contribution in [3.63, 3.8) is 0 Å². The van der Waals surface area contributed by atoms with E-state index in [9.17, 15) is 14.0 Å². The summed E-state index contributed by atoms with van der Waals surface area (Å²) in [4.78, 5) is 27.9. The predicted octanol–water partition coefficient (Wildman–Crippen LogP) is 6.17. The van der Waals surface area contributed by atoms with Crippen LogP contribution in [0.15, 0.2) is 57.1 Å². The fraction of sp³-hybridized carbons (Fsp3) is 0.360. The van der Waals surface area contributed by atoms with Crippen LogP contribution in [0.2, 0.25) is 0 Å². The number of dihydropyridines is 1. The summed E-state index contributed by atoms with van der Waals surface area (Å²) in [5.41, 5.74) is 4.35. The van der Waals surface area contributed by atoms with E-state index < -0.39 is 11.7 Å². The third-order valence-electron chi connectivity index (χ3n) is 5.81. The van der Waals surface area contributed by atoms with Crippen molar-refractivity contribution in [3.05, 3.63) is 69.1 Å². The molecule has 2 aromatic rings. The predicted molar refractivity (Wildman–Crippen MR) is 130 cm³/mol. The molecule has 1 aromatic carbocycles. The van der Waals surface area contributed by atoms with Crippen LogP contribution in [-0.2, 0) is 16.0 Å². The Kier molecular flexibility index (Phi) is 6.86. The molecule has 1 aliphatic heterocycles. The van der Waals surface area contributed by atoms with Crippen molar-refractivity contribution >= 4 is 40.5 Å². The number of Topliss-reactive ketones (excluding diaryl/α,β-unsaturated/α-hetero) is 1. The van der Waals surface area contributed by atoms with E-state index in [1.165, 1.54) is 17.0 Å². The molecule has 0 bridgehead atoms. The largest absolute Gasteiger partial charge is 0.362 e. The average Bonchev–Trinajstić information content (AvgIpc) is 3.16. The molecule has 1 aromatic heterocycles.